The van der Waals surface area contributed by atoms with Gasteiger partial charge in [0.05, 0.1) is 41.1 Å². The van der Waals surface area contributed by atoms with E-state index < -0.39 is 27.7 Å². The van der Waals surface area contributed by atoms with E-state index in [4.69, 9.17) is 4.74 Å². The molecule has 0 saturated heterocycles. The fourth-order valence-electron chi connectivity index (χ4n) is 5.26. The Kier molecular flexibility index (Phi) is 7.38. The molecule has 10 heteroatoms. The van der Waals surface area contributed by atoms with E-state index in [-0.39, 0.29) is 28.3 Å². The maximum Gasteiger partial charge on any atom is 0.338 e. The number of aromatic nitrogens is 2. The minimum absolute atomic E-state index is 0.0467. The summed E-state index contributed by atoms with van der Waals surface area (Å²) in [5, 5.41) is 0.338. The molecule has 39 heavy (non-hydrogen) atoms. The van der Waals surface area contributed by atoms with Gasteiger partial charge < -0.3 is 4.74 Å². The number of hydrogen-bond acceptors (Lipinski definition) is 6. The maximum absolute atomic E-state index is 13.7. The van der Waals surface area contributed by atoms with Crippen LogP contribution in [0.3, 0.4) is 0 Å². The molecule has 9 nitrogen and oxygen atoms in total. The fraction of sp³-hybridized carbons (Fsp3) is 0.276. The topological polar surface area (TPSA) is 116 Å². The molecule has 3 aromatic carbocycles. The molecule has 5 rings (SSSR count). The van der Waals surface area contributed by atoms with Crippen LogP contribution in [-0.2, 0) is 20.5 Å². The Bertz CT molecular complexity index is 1700. The second-order valence-corrected chi connectivity index (χ2v) is 11.4. The molecule has 1 aliphatic rings. The monoisotopic (exact) mass is 547 g/mol. The highest BCUT2D eigenvalue weighted by molar-refractivity contribution is 7.89. The number of ether oxygens (including phenoxy) is 1. The zero-order valence-electron chi connectivity index (χ0n) is 21.5. The van der Waals surface area contributed by atoms with Crippen LogP contribution in [-0.4, -0.2) is 36.8 Å². The number of hydrogen-bond donors (Lipinski definition) is 1. The van der Waals surface area contributed by atoms with Crippen LogP contribution in [0.25, 0.3) is 16.6 Å². The third kappa shape index (κ3) is 5.37. The van der Waals surface area contributed by atoms with Gasteiger partial charge in [-0.3, -0.25) is 14.3 Å². The number of rotatable bonds is 7. The zero-order valence-corrected chi connectivity index (χ0v) is 22.3. The lowest BCUT2D eigenvalue weighted by Crippen LogP contribution is -2.32. The number of nitrogens with zero attached hydrogens (tertiary/aromatic N) is 2. The number of fused-ring (bicyclic) bond motifs is 1. The van der Waals surface area contributed by atoms with E-state index in [1.54, 1.807) is 22.9 Å². The molecule has 0 spiro atoms. The Morgan fingerprint density at radius 1 is 0.949 bits per heavy atom. The first-order chi connectivity index (χ1) is 18.8. The van der Waals surface area contributed by atoms with Gasteiger partial charge in [0, 0.05) is 5.56 Å². The number of para-hydroxylation sites is 1. The highest BCUT2D eigenvalue weighted by Gasteiger charge is 2.25. The SMILES string of the molecule is COC(=O)c1ccccc1CS(=O)(=O)NC(=O)c1ccc2c(c1)c(=O)n(-c1ccccc1)n2C1CCCCC1. The Hall–Kier alpha value is -4.18. The molecule has 1 amide bonds. The van der Waals surface area contributed by atoms with Crippen LogP contribution >= 0.6 is 0 Å². The summed E-state index contributed by atoms with van der Waals surface area (Å²) >= 11 is 0. The van der Waals surface area contributed by atoms with Gasteiger partial charge in [-0.25, -0.2) is 22.6 Å². The van der Waals surface area contributed by atoms with Gasteiger partial charge in [0.25, 0.3) is 11.5 Å². The van der Waals surface area contributed by atoms with Crippen molar-refractivity contribution in [3.05, 3.63) is 99.8 Å². The Morgan fingerprint density at radius 3 is 2.36 bits per heavy atom. The van der Waals surface area contributed by atoms with E-state index in [9.17, 15) is 22.8 Å². The number of sulfonamides is 1. The number of carbonyl (C=O) groups is 2. The first kappa shape index (κ1) is 26.4. The molecule has 0 atom stereocenters. The van der Waals surface area contributed by atoms with Gasteiger partial charge in [0.1, 0.15) is 0 Å². The summed E-state index contributed by atoms with van der Waals surface area (Å²) in [6.45, 7) is 0. The van der Waals surface area contributed by atoms with Gasteiger partial charge in [-0.05, 0) is 54.8 Å². The average Bonchev–Trinajstić information content (AvgIpc) is 3.25. The number of amides is 1. The summed E-state index contributed by atoms with van der Waals surface area (Å²) in [6.07, 6.45) is 5.21. The molecular weight excluding hydrogens is 518 g/mol. The minimum atomic E-state index is -4.17. The van der Waals surface area contributed by atoms with Crippen molar-refractivity contribution < 1.29 is 22.7 Å². The lowest BCUT2D eigenvalue weighted by atomic mass is 9.95. The van der Waals surface area contributed by atoms with Crippen molar-refractivity contribution in [1.29, 1.82) is 0 Å². The summed E-state index contributed by atoms with van der Waals surface area (Å²) < 4.78 is 36.2. The maximum atomic E-state index is 13.7. The van der Waals surface area contributed by atoms with Crippen molar-refractivity contribution in [2.45, 2.75) is 43.9 Å². The van der Waals surface area contributed by atoms with Crippen molar-refractivity contribution in [3.8, 4) is 5.69 Å². The predicted molar refractivity (Wildman–Crippen MR) is 148 cm³/mol. The van der Waals surface area contributed by atoms with E-state index >= 15 is 0 Å². The molecule has 1 heterocycles. The predicted octanol–water partition coefficient (Wildman–Crippen LogP) is 4.34. The van der Waals surface area contributed by atoms with Gasteiger partial charge >= 0.3 is 5.97 Å². The van der Waals surface area contributed by atoms with Gasteiger partial charge in [0.15, 0.2) is 0 Å². The van der Waals surface area contributed by atoms with E-state index in [1.807, 2.05) is 35.0 Å². The first-order valence-corrected chi connectivity index (χ1v) is 14.5. The van der Waals surface area contributed by atoms with Crippen LogP contribution < -0.4 is 10.3 Å². The molecular formula is C29H29N3O6S. The summed E-state index contributed by atoms with van der Waals surface area (Å²) in [5.41, 5.74) is 1.50. The van der Waals surface area contributed by atoms with Crippen LogP contribution in [0.1, 0.15) is 64.4 Å². The molecule has 0 aliphatic heterocycles. The first-order valence-electron chi connectivity index (χ1n) is 12.8. The summed E-state index contributed by atoms with van der Waals surface area (Å²) in [6, 6.07) is 20.3. The Balaban J connectivity index is 1.49. The Labute approximate surface area is 226 Å². The molecule has 0 bridgehead atoms. The molecule has 1 N–H and O–H groups in total. The second-order valence-electron chi connectivity index (χ2n) is 9.66. The van der Waals surface area contributed by atoms with Gasteiger partial charge in [-0.2, -0.15) is 0 Å². The van der Waals surface area contributed by atoms with Crippen LogP contribution in [0.15, 0.2) is 77.6 Å². The van der Waals surface area contributed by atoms with Crippen LogP contribution in [0.5, 0.6) is 0 Å². The second kappa shape index (κ2) is 10.9. The van der Waals surface area contributed by atoms with Crippen molar-refractivity contribution in [2.24, 2.45) is 0 Å². The highest BCUT2D eigenvalue weighted by Crippen LogP contribution is 2.32. The molecule has 1 fully saturated rings. The number of methoxy groups -OCH3 is 1. The fourth-order valence-corrected chi connectivity index (χ4v) is 6.39. The van der Waals surface area contributed by atoms with Crippen molar-refractivity contribution in [2.75, 3.05) is 7.11 Å². The smallest absolute Gasteiger partial charge is 0.338 e. The zero-order chi connectivity index (χ0) is 27.6. The van der Waals surface area contributed by atoms with Gasteiger partial charge in [-0.1, -0.05) is 55.7 Å². The molecule has 0 radical (unpaired) electrons. The number of carbonyl (C=O) groups excluding carboxylic acids is 2. The molecule has 4 aromatic rings. The lowest BCUT2D eigenvalue weighted by molar-refractivity contribution is 0.0599. The average molecular weight is 548 g/mol. The van der Waals surface area contributed by atoms with Crippen LogP contribution in [0, 0.1) is 0 Å². The Morgan fingerprint density at radius 2 is 1.64 bits per heavy atom. The van der Waals surface area contributed by atoms with Crippen LogP contribution in [0.2, 0.25) is 0 Å². The van der Waals surface area contributed by atoms with Crippen molar-refractivity contribution >= 4 is 32.8 Å². The lowest BCUT2D eigenvalue weighted by Gasteiger charge is -2.26. The standard InChI is InChI=1S/C29H29N3O6S/c1-38-29(35)24-15-9-8-10-21(24)19-39(36,37)30-27(33)20-16-17-26-25(18-20)28(34)32(23-13-6-3-7-14-23)31(26)22-11-4-2-5-12-22/h3,6-10,13-18,22H,2,4-5,11-12,19H2,1H3,(H,30,33). The van der Waals surface area contributed by atoms with Gasteiger partial charge in [0.2, 0.25) is 10.0 Å². The van der Waals surface area contributed by atoms with E-state index in [2.05, 4.69) is 4.72 Å². The van der Waals surface area contributed by atoms with E-state index in [0.29, 0.717) is 10.9 Å². The van der Waals surface area contributed by atoms with Crippen molar-refractivity contribution in [1.82, 2.24) is 14.1 Å². The molecule has 1 aromatic heterocycles. The van der Waals surface area contributed by atoms with E-state index in [1.165, 1.54) is 31.4 Å². The van der Waals surface area contributed by atoms with E-state index in [0.717, 1.165) is 37.8 Å². The number of nitrogens with one attached hydrogen (secondary N) is 1. The summed E-state index contributed by atoms with van der Waals surface area (Å²) in [5.74, 6) is -2.12. The number of benzene rings is 3. The number of esters is 1. The third-order valence-corrected chi connectivity index (χ3v) is 8.27. The minimum Gasteiger partial charge on any atom is -0.465 e. The molecule has 1 aliphatic carbocycles. The van der Waals surface area contributed by atoms with Crippen LogP contribution in [0.4, 0.5) is 0 Å². The normalized spacial score (nSPS) is 14.3. The third-order valence-electron chi connectivity index (χ3n) is 7.08. The van der Waals surface area contributed by atoms with Crippen molar-refractivity contribution in [3.63, 3.8) is 0 Å². The summed E-state index contributed by atoms with van der Waals surface area (Å²) in [4.78, 5) is 38.7. The molecule has 0 unspecified atom stereocenters. The quantitative estimate of drug-likeness (QED) is 0.344. The largest absolute Gasteiger partial charge is 0.465 e. The molecule has 202 valence electrons. The van der Waals surface area contributed by atoms with Gasteiger partial charge in [-0.15, -0.1) is 0 Å². The molecule has 1 saturated carbocycles. The highest BCUT2D eigenvalue weighted by atomic mass is 32.2. The summed E-state index contributed by atoms with van der Waals surface area (Å²) in [7, 11) is -2.96.